The molecule has 40 heavy (non-hydrogen) atoms. The van der Waals surface area contributed by atoms with E-state index in [2.05, 4.69) is 41.4 Å². The largest absolute Gasteiger partial charge is 0.355 e. The lowest BCUT2D eigenvalue weighted by atomic mass is 9.96. The van der Waals surface area contributed by atoms with E-state index in [1.807, 2.05) is 37.8 Å². The standard InChI is InChI=1S/C31H37ClN6O2/c1-7-25(39)36-16-21(6)37(17-20(36)5)29-23-15-24(32)27(22-11-9-8-10-12-22)34-30(23)38(31(40)35-29)28-19(4)13-14-33-26(28)18(2)3/h7,11,13-15,18,20-21H,1,8-10,12,16-17H2,2-6H3. The first-order valence-corrected chi connectivity index (χ1v) is 14.5. The molecule has 0 radical (unpaired) electrons. The van der Waals surface area contributed by atoms with Crippen LogP contribution < -0.4 is 10.6 Å². The van der Waals surface area contributed by atoms with E-state index in [-0.39, 0.29) is 23.9 Å². The molecule has 9 heteroatoms. The first kappa shape index (κ1) is 28.0. The van der Waals surface area contributed by atoms with Crippen molar-refractivity contribution in [2.45, 2.75) is 78.3 Å². The summed E-state index contributed by atoms with van der Waals surface area (Å²) in [5.74, 6) is 0.517. The quantitative estimate of drug-likeness (QED) is 0.365. The molecule has 2 atom stereocenters. The highest BCUT2D eigenvalue weighted by molar-refractivity contribution is 6.33. The molecule has 5 rings (SSSR count). The third kappa shape index (κ3) is 4.94. The number of aromatic nitrogens is 4. The van der Waals surface area contributed by atoms with Gasteiger partial charge in [-0.15, -0.1) is 0 Å². The second kappa shape index (κ2) is 11.2. The van der Waals surface area contributed by atoms with Crippen molar-refractivity contribution in [2.24, 2.45) is 0 Å². The van der Waals surface area contributed by atoms with Gasteiger partial charge < -0.3 is 9.80 Å². The van der Waals surface area contributed by atoms with Gasteiger partial charge >= 0.3 is 5.69 Å². The Labute approximate surface area is 240 Å². The van der Waals surface area contributed by atoms with E-state index in [0.29, 0.717) is 40.7 Å². The monoisotopic (exact) mass is 560 g/mol. The Morgan fingerprint density at radius 1 is 1.18 bits per heavy atom. The summed E-state index contributed by atoms with van der Waals surface area (Å²) in [5, 5.41) is 1.24. The van der Waals surface area contributed by atoms with Gasteiger partial charge in [0, 0.05) is 31.4 Å². The molecule has 0 bridgehead atoms. The molecule has 0 N–H and O–H groups in total. The van der Waals surface area contributed by atoms with Gasteiger partial charge in [0.15, 0.2) is 5.65 Å². The number of amides is 1. The first-order valence-electron chi connectivity index (χ1n) is 14.1. The molecule has 0 spiro atoms. The van der Waals surface area contributed by atoms with Gasteiger partial charge in [0.1, 0.15) is 5.82 Å². The zero-order valence-electron chi connectivity index (χ0n) is 23.9. The zero-order valence-corrected chi connectivity index (χ0v) is 24.7. The number of carbonyl (C=O) groups is 1. The summed E-state index contributed by atoms with van der Waals surface area (Å²) < 4.78 is 1.62. The molecule has 1 amide bonds. The van der Waals surface area contributed by atoms with Crippen molar-refractivity contribution in [2.75, 3.05) is 18.0 Å². The Morgan fingerprint density at radius 3 is 2.62 bits per heavy atom. The predicted molar refractivity (Wildman–Crippen MR) is 161 cm³/mol. The second-order valence-electron chi connectivity index (χ2n) is 11.3. The van der Waals surface area contributed by atoms with Crippen molar-refractivity contribution in [3.05, 3.63) is 69.5 Å². The average molecular weight is 561 g/mol. The van der Waals surface area contributed by atoms with Gasteiger partial charge in [0.05, 0.1) is 27.5 Å². The van der Waals surface area contributed by atoms with E-state index in [4.69, 9.17) is 16.6 Å². The van der Waals surface area contributed by atoms with E-state index in [1.54, 1.807) is 10.8 Å². The Kier molecular flexibility index (Phi) is 7.82. The molecule has 1 saturated heterocycles. The molecular formula is C31H37ClN6O2. The van der Waals surface area contributed by atoms with E-state index in [0.717, 1.165) is 48.2 Å². The van der Waals surface area contributed by atoms with Crippen molar-refractivity contribution < 1.29 is 4.79 Å². The predicted octanol–water partition coefficient (Wildman–Crippen LogP) is 5.83. The molecule has 8 nitrogen and oxygen atoms in total. The van der Waals surface area contributed by atoms with Crippen LogP contribution in [0.3, 0.4) is 0 Å². The topological polar surface area (TPSA) is 84.2 Å². The van der Waals surface area contributed by atoms with Crippen LogP contribution in [0.15, 0.2) is 41.9 Å². The number of halogens is 1. The number of allylic oxidation sites excluding steroid dienone is 2. The van der Waals surface area contributed by atoms with Crippen LogP contribution in [0.1, 0.15) is 76.2 Å². The van der Waals surface area contributed by atoms with Crippen LogP contribution in [-0.4, -0.2) is 55.5 Å². The number of anilines is 1. The van der Waals surface area contributed by atoms with Crippen LogP contribution in [0.2, 0.25) is 5.02 Å². The van der Waals surface area contributed by atoms with Crippen LogP contribution in [0, 0.1) is 6.92 Å². The lowest BCUT2D eigenvalue weighted by Crippen LogP contribution is -2.58. The number of fused-ring (bicyclic) bond motifs is 1. The molecule has 3 aromatic heterocycles. The van der Waals surface area contributed by atoms with Gasteiger partial charge in [-0.3, -0.25) is 9.78 Å². The molecule has 3 aromatic rings. The number of carbonyl (C=O) groups excluding carboxylic acids is 1. The molecule has 4 heterocycles. The fourth-order valence-electron chi connectivity index (χ4n) is 5.94. The van der Waals surface area contributed by atoms with Gasteiger partial charge in [-0.1, -0.05) is 38.1 Å². The van der Waals surface area contributed by atoms with Gasteiger partial charge in [-0.05, 0) is 81.7 Å². The molecule has 2 aliphatic rings. The van der Waals surface area contributed by atoms with Gasteiger partial charge in [0.2, 0.25) is 5.91 Å². The van der Waals surface area contributed by atoms with E-state index in [1.165, 1.54) is 6.08 Å². The summed E-state index contributed by atoms with van der Waals surface area (Å²) in [6.07, 6.45) is 9.46. The Hall–Kier alpha value is -3.52. The third-order valence-electron chi connectivity index (χ3n) is 8.04. The lowest BCUT2D eigenvalue weighted by molar-refractivity contribution is -0.128. The normalized spacial score (nSPS) is 19.7. The molecular weight excluding hydrogens is 524 g/mol. The third-order valence-corrected chi connectivity index (χ3v) is 8.33. The number of hydrogen-bond donors (Lipinski definition) is 0. The number of nitrogens with zero attached hydrogens (tertiary/aromatic N) is 6. The first-order chi connectivity index (χ1) is 19.1. The summed E-state index contributed by atoms with van der Waals surface area (Å²) in [5.41, 5.74) is 4.38. The average Bonchev–Trinajstić information content (AvgIpc) is 2.94. The molecule has 0 aromatic carbocycles. The number of pyridine rings is 2. The lowest BCUT2D eigenvalue weighted by Gasteiger charge is -2.44. The Morgan fingerprint density at radius 2 is 1.95 bits per heavy atom. The maximum atomic E-state index is 14.0. The SMILES string of the molecule is C=CC(=O)N1CC(C)N(c2nc(=O)n(-c3c(C)ccnc3C(C)C)c3nc(C4=CCCCC4)c(Cl)cc23)CC1C. The van der Waals surface area contributed by atoms with Crippen molar-refractivity contribution in [1.29, 1.82) is 0 Å². The number of aryl methyl sites for hydroxylation is 1. The summed E-state index contributed by atoms with van der Waals surface area (Å²) in [6, 6.07) is 3.64. The van der Waals surface area contributed by atoms with E-state index < -0.39 is 5.69 Å². The Balaban J connectivity index is 1.79. The summed E-state index contributed by atoms with van der Waals surface area (Å²) in [4.78, 5) is 44.9. The van der Waals surface area contributed by atoms with Gasteiger partial charge in [0.25, 0.3) is 0 Å². The van der Waals surface area contributed by atoms with E-state index >= 15 is 0 Å². The van der Waals surface area contributed by atoms with Gasteiger partial charge in [-0.2, -0.15) is 4.98 Å². The molecule has 0 saturated carbocycles. The molecule has 2 unspecified atom stereocenters. The van der Waals surface area contributed by atoms with Crippen molar-refractivity contribution in [3.8, 4) is 5.69 Å². The number of hydrogen-bond acceptors (Lipinski definition) is 6. The maximum absolute atomic E-state index is 14.0. The fourth-order valence-corrected chi connectivity index (χ4v) is 6.21. The van der Waals surface area contributed by atoms with Crippen molar-refractivity contribution in [3.63, 3.8) is 0 Å². The maximum Gasteiger partial charge on any atom is 0.355 e. The highest BCUT2D eigenvalue weighted by Gasteiger charge is 2.34. The summed E-state index contributed by atoms with van der Waals surface area (Å²) in [6.45, 7) is 14.8. The second-order valence-corrected chi connectivity index (χ2v) is 11.7. The van der Waals surface area contributed by atoms with Crippen LogP contribution in [-0.2, 0) is 4.79 Å². The minimum atomic E-state index is -0.414. The van der Waals surface area contributed by atoms with E-state index in [9.17, 15) is 9.59 Å². The molecule has 1 aliphatic heterocycles. The number of rotatable bonds is 5. The van der Waals surface area contributed by atoms with Gasteiger partial charge in [-0.25, -0.2) is 14.3 Å². The zero-order chi connectivity index (χ0) is 28.7. The molecule has 1 fully saturated rings. The van der Waals surface area contributed by atoms with Crippen LogP contribution in [0.25, 0.3) is 22.3 Å². The van der Waals surface area contributed by atoms with Crippen molar-refractivity contribution >= 4 is 39.9 Å². The summed E-state index contributed by atoms with van der Waals surface area (Å²) in [7, 11) is 0. The minimum Gasteiger partial charge on any atom is -0.349 e. The van der Waals surface area contributed by atoms with Crippen LogP contribution in [0.5, 0.6) is 0 Å². The molecule has 210 valence electrons. The fraction of sp³-hybridized carbons (Fsp3) is 0.452. The summed E-state index contributed by atoms with van der Waals surface area (Å²) >= 11 is 6.93. The highest BCUT2D eigenvalue weighted by Crippen LogP contribution is 2.36. The van der Waals surface area contributed by atoms with Crippen LogP contribution in [0.4, 0.5) is 5.82 Å². The van der Waals surface area contributed by atoms with Crippen molar-refractivity contribution in [1.82, 2.24) is 24.4 Å². The highest BCUT2D eigenvalue weighted by atomic mass is 35.5. The number of piperazine rings is 1. The van der Waals surface area contributed by atoms with Crippen LogP contribution >= 0.6 is 11.6 Å². The Bertz CT molecular complexity index is 1580. The smallest absolute Gasteiger partial charge is 0.349 e. The minimum absolute atomic E-state index is 0.0840. The molecule has 1 aliphatic carbocycles.